The molecule has 0 atom stereocenters. The van der Waals surface area contributed by atoms with Crippen LogP contribution in [0.2, 0.25) is 0 Å². The number of hydrogen-bond donors (Lipinski definition) is 0. The zero-order valence-electron chi connectivity index (χ0n) is 26.8. The monoisotopic (exact) mass is 644 g/mol. The van der Waals surface area contributed by atoms with Gasteiger partial charge >= 0.3 is 0 Å². The zero-order valence-corrected chi connectivity index (χ0v) is 27.8. The lowest BCUT2D eigenvalue weighted by Crippen LogP contribution is -2.77. The van der Waals surface area contributed by atoms with Crippen LogP contribution in [0.15, 0.2) is 194 Å². The highest BCUT2D eigenvalue weighted by molar-refractivity contribution is 7.21. The summed E-state index contributed by atoms with van der Waals surface area (Å²) in [6.45, 7) is 0. The second kappa shape index (κ2) is 12.1. The molecular weight excluding hydrogens is 613 g/mol. The molecule has 0 saturated heterocycles. The summed E-state index contributed by atoms with van der Waals surface area (Å²) >= 11 is 0. The van der Waals surface area contributed by atoms with Crippen LogP contribution >= 0.6 is 0 Å². The van der Waals surface area contributed by atoms with Crippen molar-refractivity contribution < 1.29 is 0 Å². The molecule has 0 saturated carbocycles. The molecule has 1 aliphatic heterocycles. The van der Waals surface area contributed by atoms with Crippen molar-refractivity contribution in [1.29, 1.82) is 0 Å². The Morgan fingerprint density at radius 3 is 1.16 bits per heavy atom. The minimum Gasteiger partial charge on any atom is -0.311 e. The smallest absolute Gasteiger partial charge is 0.184 e. The van der Waals surface area contributed by atoms with Crippen LogP contribution in [0.1, 0.15) is 0 Å². The molecule has 1 aromatic heterocycles. The average molecular weight is 645 g/mol. The Kier molecular flexibility index (Phi) is 7.10. The first kappa shape index (κ1) is 28.9. The molecule has 0 N–H and O–H groups in total. The zero-order chi connectivity index (χ0) is 32.6. The molecule has 1 aliphatic rings. The summed E-state index contributed by atoms with van der Waals surface area (Å²) in [4.78, 5) is 2.44. The van der Waals surface area contributed by atoms with E-state index in [9.17, 15) is 0 Å². The molecule has 0 bridgehead atoms. The summed E-state index contributed by atoms with van der Waals surface area (Å²) in [7, 11) is -2.66. The molecule has 9 rings (SSSR count). The molecule has 2 heterocycles. The Labute approximate surface area is 287 Å². The lowest BCUT2D eigenvalue weighted by molar-refractivity contribution is 1.07. The summed E-state index contributed by atoms with van der Waals surface area (Å²) in [6, 6.07) is 69.7. The topological polar surface area (TPSA) is 34.0 Å². The molecule has 0 unspecified atom stereocenters. The highest BCUT2D eigenvalue weighted by atomic mass is 28.3. The molecular formula is C44H32N4Si. The van der Waals surface area contributed by atoms with Crippen molar-refractivity contribution in [3.8, 4) is 28.5 Å². The van der Waals surface area contributed by atoms with Crippen molar-refractivity contribution >= 4 is 45.9 Å². The first-order valence-electron chi connectivity index (χ1n) is 16.6. The molecule has 7 aromatic carbocycles. The van der Waals surface area contributed by atoms with Crippen LogP contribution in [0.4, 0.5) is 17.1 Å². The van der Waals surface area contributed by atoms with Gasteiger partial charge in [0, 0.05) is 33.9 Å². The molecule has 0 fully saturated rings. The van der Waals surface area contributed by atoms with Gasteiger partial charge in [-0.15, -0.1) is 10.2 Å². The molecule has 0 spiro atoms. The van der Waals surface area contributed by atoms with E-state index in [0.29, 0.717) is 0 Å². The van der Waals surface area contributed by atoms with Gasteiger partial charge in [-0.1, -0.05) is 158 Å². The van der Waals surface area contributed by atoms with Gasteiger partial charge in [0.2, 0.25) is 0 Å². The van der Waals surface area contributed by atoms with Crippen molar-refractivity contribution in [3.05, 3.63) is 194 Å². The lowest BCUT2D eigenvalue weighted by Gasteiger charge is -2.45. The maximum atomic E-state index is 4.69. The van der Waals surface area contributed by atoms with Crippen molar-refractivity contribution in [2.45, 2.75) is 0 Å². The van der Waals surface area contributed by atoms with E-state index in [0.717, 1.165) is 34.2 Å². The van der Waals surface area contributed by atoms with Crippen LogP contribution in [0, 0.1) is 0 Å². The van der Waals surface area contributed by atoms with Gasteiger partial charge in [0.25, 0.3) is 0 Å². The number of rotatable bonds is 6. The fourth-order valence-electron chi connectivity index (χ4n) is 7.52. The Hall–Kier alpha value is -6.30. The molecule has 8 aromatic rings. The van der Waals surface area contributed by atoms with E-state index >= 15 is 0 Å². The number of anilines is 3. The average Bonchev–Trinajstić information content (AvgIpc) is 3.64. The highest BCUT2D eigenvalue weighted by Crippen LogP contribution is 2.39. The molecule has 0 aliphatic carbocycles. The number of fused-ring (bicyclic) bond motifs is 2. The summed E-state index contributed by atoms with van der Waals surface area (Å²) in [5.41, 5.74) is 6.57. The largest absolute Gasteiger partial charge is 0.311 e. The van der Waals surface area contributed by atoms with Crippen molar-refractivity contribution in [2.24, 2.45) is 0 Å². The van der Waals surface area contributed by atoms with E-state index in [4.69, 9.17) is 10.2 Å². The third kappa shape index (κ3) is 4.66. The van der Waals surface area contributed by atoms with Crippen molar-refractivity contribution in [3.63, 3.8) is 0 Å². The van der Waals surface area contributed by atoms with E-state index in [-0.39, 0.29) is 0 Å². The van der Waals surface area contributed by atoms with Crippen molar-refractivity contribution in [1.82, 2.24) is 14.8 Å². The van der Waals surface area contributed by atoms with E-state index in [1.165, 1.54) is 32.1 Å². The maximum absolute atomic E-state index is 4.69. The maximum Gasteiger partial charge on any atom is 0.184 e. The van der Waals surface area contributed by atoms with Crippen LogP contribution in [0.25, 0.3) is 28.5 Å². The third-order valence-corrected chi connectivity index (χ3v) is 14.5. The number of nitrogens with zero attached hydrogens (tertiary/aromatic N) is 4. The van der Waals surface area contributed by atoms with E-state index < -0.39 is 8.07 Å². The Morgan fingerprint density at radius 2 is 0.714 bits per heavy atom. The van der Waals surface area contributed by atoms with Gasteiger partial charge in [-0.2, -0.15) is 0 Å². The van der Waals surface area contributed by atoms with Gasteiger partial charge in [0.1, 0.15) is 0 Å². The predicted molar refractivity (Wildman–Crippen MR) is 204 cm³/mol. The molecule has 232 valence electrons. The Morgan fingerprint density at radius 1 is 0.347 bits per heavy atom. The van der Waals surface area contributed by atoms with Gasteiger partial charge in [-0.05, 0) is 57.1 Å². The minimum atomic E-state index is -2.66. The van der Waals surface area contributed by atoms with Gasteiger partial charge in [0.15, 0.2) is 19.7 Å². The fraction of sp³-hybridized carbons (Fsp3) is 0. The lowest BCUT2D eigenvalue weighted by atomic mass is 10.1. The summed E-state index contributed by atoms with van der Waals surface area (Å²) in [5, 5.41) is 14.9. The van der Waals surface area contributed by atoms with Crippen LogP contribution in [0.3, 0.4) is 0 Å². The van der Waals surface area contributed by atoms with Gasteiger partial charge in [-0.25, -0.2) is 0 Å². The second-order valence-electron chi connectivity index (χ2n) is 12.3. The molecule has 5 heteroatoms. The molecule has 0 amide bonds. The third-order valence-electron chi connectivity index (χ3n) is 9.60. The van der Waals surface area contributed by atoms with Crippen LogP contribution < -0.4 is 25.6 Å². The number of para-hydroxylation sites is 2. The number of benzene rings is 7. The summed E-state index contributed by atoms with van der Waals surface area (Å²) in [6.07, 6.45) is 0. The van der Waals surface area contributed by atoms with Crippen LogP contribution in [0.5, 0.6) is 0 Å². The summed E-state index contributed by atoms with van der Waals surface area (Å²) in [5.74, 6) is 1.62. The first-order chi connectivity index (χ1) is 24.3. The first-order valence-corrected chi connectivity index (χ1v) is 18.6. The molecule has 49 heavy (non-hydrogen) atoms. The second-order valence-corrected chi connectivity index (χ2v) is 16.0. The van der Waals surface area contributed by atoms with Crippen LogP contribution in [-0.2, 0) is 0 Å². The molecule has 0 radical (unpaired) electrons. The highest BCUT2D eigenvalue weighted by Gasteiger charge is 2.48. The van der Waals surface area contributed by atoms with E-state index in [2.05, 4.69) is 167 Å². The normalized spacial score (nSPS) is 13.0. The van der Waals surface area contributed by atoms with E-state index in [1.807, 2.05) is 36.4 Å². The summed E-state index contributed by atoms with van der Waals surface area (Å²) < 4.78 is 2.16. The van der Waals surface area contributed by atoms with E-state index in [1.54, 1.807) is 0 Å². The SMILES string of the molecule is c1ccc(-c2nnc(-c3ccccc3)n2-c2ccc(N3c4ccccc4[Si](c4ccccc4)(c4ccccc4)c4ccccc43)cc2)cc1. The minimum absolute atomic E-state index is 0.808. The van der Waals surface area contributed by atoms with Crippen molar-refractivity contribution in [2.75, 3.05) is 4.90 Å². The number of aromatic nitrogens is 3. The quantitative estimate of drug-likeness (QED) is 0.174. The van der Waals surface area contributed by atoms with Gasteiger partial charge in [0.05, 0.1) is 0 Å². The molecule has 4 nitrogen and oxygen atoms in total. The fourth-order valence-corrected chi connectivity index (χ4v) is 12.6. The number of hydrogen-bond acceptors (Lipinski definition) is 3. The standard InChI is InChI=1S/C44H32N4Si/c1-5-17-33(18-6-1)43-45-46-44(34-19-7-2-8-20-34)48(43)36-31-29-35(30-32-36)47-39-25-13-15-27-41(39)49(37-21-9-3-10-22-37,38-23-11-4-12-24-38)42-28-16-14-26-40(42)47/h1-32H. The Balaban J connectivity index is 1.23. The van der Waals surface area contributed by atoms with Crippen LogP contribution in [-0.4, -0.2) is 22.8 Å². The van der Waals surface area contributed by atoms with Gasteiger partial charge in [-0.3, -0.25) is 4.57 Å². The Bertz CT molecular complexity index is 2230. The van der Waals surface area contributed by atoms with Gasteiger partial charge < -0.3 is 4.90 Å². The predicted octanol–water partition coefficient (Wildman–Crippen LogP) is 7.76.